The van der Waals surface area contributed by atoms with Gasteiger partial charge in [0.15, 0.2) is 0 Å². The van der Waals surface area contributed by atoms with Crippen molar-refractivity contribution < 1.29 is 4.39 Å². The zero-order chi connectivity index (χ0) is 18.9. The van der Waals surface area contributed by atoms with Crippen LogP contribution in [0.2, 0.25) is 0 Å². The molecule has 0 spiro atoms. The maximum absolute atomic E-state index is 12.9. The molecule has 0 aliphatic heterocycles. The van der Waals surface area contributed by atoms with Gasteiger partial charge in [0.05, 0.1) is 0 Å². The van der Waals surface area contributed by atoms with Gasteiger partial charge in [0.25, 0.3) is 0 Å². The third-order valence-corrected chi connectivity index (χ3v) is 4.26. The predicted molar refractivity (Wildman–Crippen MR) is 109 cm³/mol. The van der Waals surface area contributed by atoms with Crippen LogP contribution in [-0.4, -0.2) is 23.1 Å². The minimum Gasteiger partial charge on any atom is -0.370 e. The molecule has 3 rings (SSSR count). The minimum atomic E-state index is -0.207. The Morgan fingerprint density at radius 2 is 1.41 bits per heavy atom. The highest BCUT2D eigenvalue weighted by atomic mass is 19.1. The highest BCUT2D eigenvalue weighted by Crippen LogP contribution is 2.12. The molecular formula is C22H25FN4. The van der Waals surface area contributed by atoms with Gasteiger partial charge in [0.2, 0.25) is 0 Å². The lowest BCUT2D eigenvalue weighted by molar-refractivity contribution is 0.627. The highest BCUT2D eigenvalue weighted by molar-refractivity contribution is 5.47. The minimum absolute atomic E-state index is 0.207. The molecule has 0 radical (unpaired) electrons. The monoisotopic (exact) mass is 364 g/mol. The van der Waals surface area contributed by atoms with Gasteiger partial charge in [-0.15, -0.1) is 0 Å². The Labute approximate surface area is 159 Å². The first-order chi connectivity index (χ1) is 13.2. The van der Waals surface area contributed by atoms with Crippen molar-refractivity contribution in [2.45, 2.75) is 26.2 Å². The molecule has 1 aromatic heterocycles. The number of nitrogens with one attached hydrogen (secondary N) is 2. The summed E-state index contributed by atoms with van der Waals surface area (Å²) < 4.78 is 12.9. The van der Waals surface area contributed by atoms with E-state index >= 15 is 0 Å². The van der Waals surface area contributed by atoms with Crippen LogP contribution in [0.25, 0.3) is 0 Å². The highest BCUT2D eigenvalue weighted by Gasteiger charge is 2.02. The second-order valence-electron chi connectivity index (χ2n) is 6.50. The van der Waals surface area contributed by atoms with E-state index in [1.807, 2.05) is 31.2 Å². The Hall–Kier alpha value is -2.95. The first kappa shape index (κ1) is 18.8. The normalized spacial score (nSPS) is 10.6. The zero-order valence-electron chi connectivity index (χ0n) is 15.6. The smallest absolute Gasteiger partial charge is 0.131 e. The number of hydrogen-bond donors (Lipinski definition) is 2. The van der Waals surface area contributed by atoms with Crippen molar-refractivity contribution >= 4 is 11.6 Å². The average molecular weight is 364 g/mol. The lowest BCUT2D eigenvalue weighted by Crippen LogP contribution is -2.10. The van der Waals surface area contributed by atoms with Crippen LogP contribution in [-0.2, 0) is 12.8 Å². The number of rotatable bonds is 9. The van der Waals surface area contributed by atoms with Crippen molar-refractivity contribution in [1.82, 2.24) is 9.97 Å². The number of nitrogens with zero attached hydrogens (tertiary/aromatic N) is 2. The standard InChI is InChI=1S/C22H25FN4/c1-17-26-21(24-14-5-8-18-6-3-2-4-7-18)16-22(27-17)25-15-13-19-9-11-20(23)12-10-19/h2-4,6-7,9-12,16H,5,8,13-15H2,1H3,(H2,24,25,26,27). The quantitative estimate of drug-likeness (QED) is 0.544. The summed E-state index contributed by atoms with van der Waals surface area (Å²) in [6.45, 7) is 3.48. The number of benzene rings is 2. The van der Waals surface area contributed by atoms with E-state index in [9.17, 15) is 4.39 Å². The van der Waals surface area contributed by atoms with Crippen molar-refractivity contribution in [3.05, 3.63) is 83.4 Å². The molecule has 0 amide bonds. The Balaban J connectivity index is 1.46. The van der Waals surface area contributed by atoms with Crippen molar-refractivity contribution in [2.75, 3.05) is 23.7 Å². The molecule has 0 atom stereocenters. The third-order valence-electron chi connectivity index (χ3n) is 4.26. The Bertz CT molecular complexity index is 835. The van der Waals surface area contributed by atoms with Crippen molar-refractivity contribution in [3.63, 3.8) is 0 Å². The molecule has 0 fully saturated rings. The molecule has 0 aliphatic carbocycles. The molecule has 1 heterocycles. The van der Waals surface area contributed by atoms with E-state index in [1.165, 1.54) is 17.7 Å². The summed E-state index contributed by atoms with van der Waals surface area (Å²) in [7, 11) is 0. The van der Waals surface area contributed by atoms with Crippen LogP contribution in [0.15, 0.2) is 60.7 Å². The van der Waals surface area contributed by atoms with Gasteiger partial charge in [0, 0.05) is 19.2 Å². The van der Waals surface area contributed by atoms with Crippen LogP contribution in [0.3, 0.4) is 0 Å². The summed E-state index contributed by atoms with van der Waals surface area (Å²) in [5.74, 6) is 2.16. The lowest BCUT2D eigenvalue weighted by atomic mass is 10.1. The summed E-state index contributed by atoms with van der Waals surface area (Å²) in [5, 5.41) is 6.70. The summed E-state index contributed by atoms with van der Waals surface area (Å²) in [5.41, 5.74) is 2.44. The summed E-state index contributed by atoms with van der Waals surface area (Å²) in [6, 6.07) is 19.0. The largest absolute Gasteiger partial charge is 0.370 e. The lowest BCUT2D eigenvalue weighted by Gasteiger charge is -2.10. The number of halogens is 1. The van der Waals surface area contributed by atoms with E-state index < -0.39 is 0 Å². The fourth-order valence-corrected chi connectivity index (χ4v) is 2.89. The maximum Gasteiger partial charge on any atom is 0.131 e. The second kappa shape index (κ2) is 9.67. The molecule has 0 saturated carbocycles. The van der Waals surface area contributed by atoms with Gasteiger partial charge in [0.1, 0.15) is 23.3 Å². The average Bonchev–Trinajstić information content (AvgIpc) is 2.67. The molecule has 0 unspecified atom stereocenters. The SMILES string of the molecule is Cc1nc(NCCCc2ccccc2)cc(NCCc2ccc(F)cc2)n1. The van der Waals surface area contributed by atoms with E-state index in [2.05, 4.69) is 44.9 Å². The van der Waals surface area contributed by atoms with E-state index in [4.69, 9.17) is 0 Å². The van der Waals surface area contributed by atoms with Crippen LogP contribution in [0.1, 0.15) is 23.4 Å². The van der Waals surface area contributed by atoms with Gasteiger partial charge in [-0.05, 0) is 49.4 Å². The number of aryl methyl sites for hydroxylation is 2. The fourth-order valence-electron chi connectivity index (χ4n) is 2.89. The van der Waals surface area contributed by atoms with Crippen LogP contribution < -0.4 is 10.6 Å². The Morgan fingerprint density at radius 1 is 0.778 bits per heavy atom. The van der Waals surface area contributed by atoms with Crippen LogP contribution in [0.4, 0.5) is 16.0 Å². The van der Waals surface area contributed by atoms with Crippen molar-refractivity contribution in [2.24, 2.45) is 0 Å². The van der Waals surface area contributed by atoms with Gasteiger partial charge >= 0.3 is 0 Å². The molecule has 5 heteroatoms. The third kappa shape index (κ3) is 6.37. The maximum atomic E-state index is 12.9. The molecule has 0 aliphatic rings. The van der Waals surface area contributed by atoms with Crippen molar-refractivity contribution in [1.29, 1.82) is 0 Å². The summed E-state index contributed by atoms with van der Waals surface area (Å²) >= 11 is 0. The van der Waals surface area contributed by atoms with Crippen LogP contribution in [0, 0.1) is 12.7 Å². The van der Waals surface area contributed by atoms with Gasteiger partial charge in [-0.1, -0.05) is 42.5 Å². The van der Waals surface area contributed by atoms with Crippen LogP contribution >= 0.6 is 0 Å². The zero-order valence-corrected chi connectivity index (χ0v) is 15.6. The number of hydrogen-bond acceptors (Lipinski definition) is 4. The molecular weight excluding hydrogens is 339 g/mol. The van der Waals surface area contributed by atoms with E-state index in [-0.39, 0.29) is 5.82 Å². The van der Waals surface area contributed by atoms with Crippen molar-refractivity contribution in [3.8, 4) is 0 Å². The summed E-state index contributed by atoms with van der Waals surface area (Å²) in [6.07, 6.45) is 2.89. The van der Waals surface area contributed by atoms with E-state index in [0.717, 1.165) is 55.4 Å². The first-order valence-corrected chi connectivity index (χ1v) is 9.31. The summed E-state index contributed by atoms with van der Waals surface area (Å²) in [4.78, 5) is 8.88. The molecule has 0 saturated heterocycles. The molecule has 140 valence electrons. The topological polar surface area (TPSA) is 49.8 Å². The van der Waals surface area contributed by atoms with E-state index in [1.54, 1.807) is 0 Å². The molecule has 0 bridgehead atoms. The van der Waals surface area contributed by atoms with Gasteiger partial charge in [-0.3, -0.25) is 0 Å². The Kier molecular flexibility index (Phi) is 6.74. The van der Waals surface area contributed by atoms with Crippen LogP contribution in [0.5, 0.6) is 0 Å². The first-order valence-electron chi connectivity index (χ1n) is 9.31. The molecule has 27 heavy (non-hydrogen) atoms. The van der Waals surface area contributed by atoms with Gasteiger partial charge in [-0.25, -0.2) is 14.4 Å². The molecule has 3 aromatic rings. The second-order valence-corrected chi connectivity index (χ2v) is 6.50. The number of anilines is 2. The van der Waals surface area contributed by atoms with Gasteiger partial charge in [-0.2, -0.15) is 0 Å². The molecule has 2 aromatic carbocycles. The van der Waals surface area contributed by atoms with Gasteiger partial charge < -0.3 is 10.6 Å². The predicted octanol–water partition coefficient (Wildman–Crippen LogP) is 4.62. The number of aromatic nitrogens is 2. The Morgan fingerprint density at radius 3 is 2.11 bits per heavy atom. The fraction of sp³-hybridized carbons (Fsp3) is 0.273. The molecule has 2 N–H and O–H groups in total. The van der Waals surface area contributed by atoms with E-state index in [0.29, 0.717) is 0 Å². The molecule has 4 nitrogen and oxygen atoms in total.